The van der Waals surface area contributed by atoms with Gasteiger partial charge in [0.2, 0.25) is 5.91 Å². The van der Waals surface area contributed by atoms with E-state index in [-0.39, 0.29) is 18.6 Å². The molecule has 3 aromatic rings. The maximum absolute atomic E-state index is 13.4. The smallest absolute Gasteiger partial charge is 0.411 e. The molecule has 3 aromatic carbocycles. The van der Waals surface area contributed by atoms with Crippen molar-refractivity contribution in [3.8, 4) is 0 Å². The molecule has 32 heavy (non-hydrogen) atoms. The number of carbonyl (C=O) groups is 2. The van der Waals surface area contributed by atoms with E-state index in [0.29, 0.717) is 12.1 Å². The zero-order valence-corrected chi connectivity index (χ0v) is 17.5. The second-order valence-electron chi connectivity index (χ2n) is 8.15. The summed E-state index contributed by atoms with van der Waals surface area (Å²) in [4.78, 5) is 29.3. The maximum atomic E-state index is 13.4. The molecule has 6 nitrogen and oxygen atoms in total. The van der Waals surface area contributed by atoms with Gasteiger partial charge in [0.15, 0.2) is 0 Å². The molecule has 162 valence electrons. The maximum Gasteiger partial charge on any atom is 0.411 e. The van der Waals surface area contributed by atoms with E-state index in [9.17, 15) is 14.7 Å². The monoisotopic (exact) mass is 428 g/mol. The van der Waals surface area contributed by atoms with Gasteiger partial charge < -0.3 is 14.7 Å². The molecule has 0 saturated carbocycles. The third-order valence-electron chi connectivity index (χ3n) is 6.28. The Morgan fingerprint density at radius 3 is 2.12 bits per heavy atom. The van der Waals surface area contributed by atoms with E-state index in [4.69, 9.17) is 4.74 Å². The van der Waals surface area contributed by atoms with Crippen LogP contribution in [0, 0.1) is 0 Å². The third-order valence-corrected chi connectivity index (χ3v) is 6.28. The summed E-state index contributed by atoms with van der Waals surface area (Å²) in [5.41, 5.74) is 2.57. The number of likely N-dealkylation sites (tertiary alicyclic amines) is 1. The molecule has 0 unspecified atom stereocenters. The molecule has 0 bridgehead atoms. The van der Waals surface area contributed by atoms with Gasteiger partial charge in [-0.2, -0.15) is 0 Å². The van der Waals surface area contributed by atoms with Crippen LogP contribution < -0.4 is 0 Å². The minimum absolute atomic E-state index is 0.180. The Hall–Kier alpha value is -3.64. The first-order chi connectivity index (χ1) is 15.6. The van der Waals surface area contributed by atoms with E-state index in [1.165, 1.54) is 4.90 Å². The number of hydrogen-bond donors (Lipinski definition) is 1. The summed E-state index contributed by atoms with van der Waals surface area (Å²) in [7, 11) is 0. The largest absolute Gasteiger partial charge is 0.447 e. The van der Waals surface area contributed by atoms with Crippen LogP contribution in [-0.4, -0.2) is 45.6 Å². The molecular formula is C26H24N2O4. The van der Waals surface area contributed by atoms with Crippen LogP contribution in [-0.2, 0) is 16.1 Å². The van der Waals surface area contributed by atoms with Crippen LogP contribution in [0.15, 0.2) is 91.0 Å². The lowest BCUT2D eigenvalue weighted by molar-refractivity contribution is -0.168. The van der Waals surface area contributed by atoms with E-state index in [1.807, 2.05) is 91.0 Å². The summed E-state index contributed by atoms with van der Waals surface area (Å²) in [6.45, 7) is 0.545. The first kappa shape index (κ1) is 20.3. The van der Waals surface area contributed by atoms with Crippen LogP contribution in [0.5, 0.6) is 0 Å². The van der Waals surface area contributed by atoms with Crippen LogP contribution in [0.4, 0.5) is 4.79 Å². The number of rotatable bonds is 6. The Morgan fingerprint density at radius 2 is 1.47 bits per heavy atom. The summed E-state index contributed by atoms with van der Waals surface area (Å²) in [5.74, 6) is -0.186. The van der Waals surface area contributed by atoms with Crippen molar-refractivity contribution in [3.63, 3.8) is 0 Å². The Morgan fingerprint density at radius 1 is 0.875 bits per heavy atom. The second kappa shape index (κ2) is 8.48. The van der Waals surface area contributed by atoms with Crippen LogP contribution in [0.1, 0.15) is 28.8 Å². The number of aliphatic hydroxyl groups is 1. The Bertz CT molecular complexity index is 1090. The number of aliphatic hydroxyl groups excluding tert-OH is 1. The highest BCUT2D eigenvalue weighted by atomic mass is 16.6. The molecule has 0 aliphatic carbocycles. The number of nitrogens with zero attached hydrogens (tertiary/aromatic N) is 2. The van der Waals surface area contributed by atoms with Gasteiger partial charge in [0, 0.05) is 6.54 Å². The zero-order valence-electron chi connectivity index (χ0n) is 17.5. The predicted octanol–water partition coefficient (Wildman–Crippen LogP) is 3.69. The van der Waals surface area contributed by atoms with Gasteiger partial charge in [-0.15, -0.1) is 0 Å². The first-order valence-corrected chi connectivity index (χ1v) is 10.7. The normalized spacial score (nSPS) is 23.6. The lowest BCUT2D eigenvalue weighted by Crippen LogP contribution is -2.72. The lowest BCUT2D eigenvalue weighted by Gasteiger charge is -2.52. The molecule has 0 aromatic heterocycles. The van der Waals surface area contributed by atoms with Gasteiger partial charge in [-0.25, -0.2) is 4.79 Å². The van der Waals surface area contributed by atoms with Crippen molar-refractivity contribution in [3.05, 3.63) is 108 Å². The zero-order chi connectivity index (χ0) is 22.1. The number of hydrogen-bond acceptors (Lipinski definition) is 4. The first-order valence-electron chi connectivity index (χ1n) is 10.7. The second-order valence-corrected chi connectivity index (χ2v) is 8.15. The molecule has 5 rings (SSSR count). The van der Waals surface area contributed by atoms with Gasteiger partial charge in [-0.05, 0) is 16.7 Å². The number of ether oxygens (including phenoxy) is 1. The number of cyclic esters (lactones) is 1. The molecule has 2 aliphatic rings. The number of carbonyl (C=O) groups excluding carboxylic acids is 2. The SMILES string of the molecule is O=C1[C@H](N2C(=O)OC[C@@H]2c2ccccc2)[C@@H]([C@H](O)c2ccccc2)N1Cc1ccccc1. The van der Waals surface area contributed by atoms with Gasteiger partial charge >= 0.3 is 6.09 Å². The summed E-state index contributed by atoms with van der Waals surface area (Å²) in [6.07, 6.45) is -1.46. The molecule has 2 saturated heterocycles. The quantitative estimate of drug-likeness (QED) is 0.608. The van der Waals surface area contributed by atoms with Crippen molar-refractivity contribution in [2.24, 2.45) is 0 Å². The molecule has 0 spiro atoms. The molecule has 2 amide bonds. The molecule has 6 heteroatoms. The van der Waals surface area contributed by atoms with Crippen LogP contribution in [0.25, 0.3) is 0 Å². The van der Waals surface area contributed by atoms with Crippen LogP contribution >= 0.6 is 0 Å². The molecule has 2 fully saturated rings. The summed E-state index contributed by atoms with van der Waals surface area (Å²) in [6, 6.07) is 26.7. The molecule has 2 aliphatic heterocycles. The lowest BCUT2D eigenvalue weighted by atomic mass is 9.84. The van der Waals surface area contributed by atoms with Gasteiger partial charge in [-0.1, -0.05) is 91.0 Å². The summed E-state index contributed by atoms with van der Waals surface area (Å²) in [5, 5.41) is 11.3. The fraction of sp³-hybridized carbons (Fsp3) is 0.231. The van der Waals surface area contributed by atoms with Crippen molar-refractivity contribution in [1.29, 1.82) is 0 Å². The van der Waals surface area contributed by atoms with Gasteiger partial charge in [0.25, 0.3) is 0 Å². The van der Waals surface area contributed by atoms with Crippen LogP contribution in [0.3, 0.4) is 0 Å². The van der Waals surface area contributed by atoms with Crippen molar-refractivity contribution < 1.29 is 19.4 Å². The highest BCUT2D eigenvalue weighted by Gasteiger charge is 2.58. The third kappa shape index (κ3) is 3.52. The van der Waals surface area contributed by atoms with Gasteiger partial charge in [0.1, 0.15) is 18.8 Å². The molecule has 0 radical (unpaired) electrons. The molecule has 1 N–H and O–H groups in total. The van der Waals surface area contributed by atoms with Crippen LogP contribution in [0.2, 0.25) is 0 Å². The summed E-state index contributed by atoms with van der Waals surface area (Å²) >= 11 is 0. The Labute approximate surface area is 186 Å². The van der Waals surface area contributed by atoms with Crippen molar-refractivity contribution in [2.75, 3.05) is 6.61 Å². The highest BCUT2D eigenvalue weighted by molar-refractivity contribution is 5.93. The van der Waals surface area contributed by atoms with Crippen molar-refractivity contribution >= 4 is 12.0 Å². The molecule has 4 atom stereocenters. The van der Waals surface area contributed by atoms with Crippen molar-refractivity contribution in [2.45, 2.75) is 30.8 Å². The van der Waals surface area contributed by atoms with E-state index in [0.717, 1.165) is 11.1 Å². The number of amides is 2. The minimum atomic E-state index is -0.938. The minimum Gasteiger partial charge on any atom is -0.447 e. The average Bonchev–Trinajstić information content (AvgIpc) is 3.22. The summed E-state index contributed by atoms with van der Waals surface area (Å²) < 4.78 is 5.36. The number of β-lactam (4-membered cyclic amide) rings is 1. The van der Waals surface area contributed by atoms with E-state index < -0.39 is 24.3 Å². The molecule has 2 heterocycles. The fourth-order valence-corrected chi connectivity index (χ4v) is 4.66. The van der Waals surface area contributed by atoms with Crippen molar-refractivity contribution in [1.82, 2.24) is 9.80 Å². The van der Waals surface area contributed by atoms with Gasteiger partial charge in [0.05, 0.1) is 12.1 Å². The topological polar surface area (TPSA) is 70.1 Å². The van der Waals surface area contributed by atoms with E-state index in [1.54, 1.807) is 4.90 Å². The Balaban J connectivity index is 1.49. The fourth-order valence-electron chi connectivity index (χ4n) is 4.66. The highest BCUT2D eigenvalue weighted by Crippen LogP contribution is 2.41. The predicted molar refractivity (Wildman–Crippen MR) is 118 cm³/mol. The average molecular weight is 428 g/mol. The Kier molecular flexibility index (Phi) is 5.37. The number of benzene rings is 3. The van der Waals surface area contributed by atoms with E-state index >= 15 is 0 Å². The van der Waals surface area contributed by atoms with Gasteiger partial charge in [-0.3, -0.25) is 9.69 Å². The molecular weight excluding hydrogens is 404 g/mol. The van der Waals surface area contributed by atoms with E-state index in [2.05, 4.69) is 0 Å². The standard InChI is InChI=1S/C26H24N2O4/c29-24(20-14-8-3-9-15-20)22-23(25(30)27(22)16-18-10-4-1-5-11-18)28-21(17-32-26(28)31)19-12-6-2-7-13-19/h1-15,21-24,29H,16-17H2/t21-,22+,23-,24-/m1/s1.